The minimum absolute atomic E-state index is 0.0124. The van der Waals surface area contributed by atoms with Gasteiger partial charge < -0.3 is 96.3 Å². The molecule has 0 fully saturated rings. The molecule has 4 N–H and O–H groups in total. The van der Waals surface area contributed by atoms with Crippen LogP contribution in [0.2, 0.25) is 0 Å². The highest BCUT2D eigenvalue weighted by Crippen LogP contribution is 2.34. The van der Waals surface area contributed by atoms with Gasteiger partial charge in [0.15, 0.2) is 6.54 Å². The zero-order chi connectivity index (χ0) is 65.6. The molecule has 1 heterocycles. The van der Waals surface area contributed by atoms with Gasteiger partial charge in [0.1, 0.15) is 29.5 Å². The minimum atomic E-state index is -4.35. The summed E-state index contributed by atoms with van der Waals surface area (Å²) in [6.45, 7) is 18.4. The van der Waals surface area contributed by atoms with Crippen molar-refractivity contribution in [3.63, 3.8) is 0 Å². The number of methoxy groups -OCH3 is 2. The van der Waals surface area contributed by atoms with E-state index >= 15 is 4.79 Å². The summed E-state index contributed by atoms with van der Waals surface area (Å²) in [5.74, 6) is -0.719. The zero-order valence-electron chi connectivity index (χ0n) is 54.4. The van der Waals surface area contributed by atoms with Crippen LogP contribution in [0.1, 0.15) is 65.0 Å². The van der Waals surface area contributed by atoms with E-state index in [0.29, 0.717) is 195 Å². The van der Waals surface area contributed by atoms with E-state index in [1.54, 1.807) is 76.6 Å². The maximum Gasteiger partial charge on any atom is 0.345 e. The van der Waals surface area contributed by atoms with Gasteiger partial charge in [0.05, 0.1) is 194 Å². The Morgan fingerprint density at radius 1 is 0.516 bits per heavy atom. The smallest absolute Gasteiger partial charge is 0.345 e. The Balaban J connectivity index is 1.68. The third kappa shape index (κ3) is 33.2. The molecule has 0 spiro atoms. The van der Waals surface area contributed by atoms with E-state index in [9.17, 15) is 17.8 Å². The lowest BCUT2D eigenvalue weighted by Gasteiger charge is -2.21. The molecule has 0 bridgehead atoms. The van der Waals surface area contributed by atoms with Crippen LogP contribution < -0.4 is 29.8 Å². The molecule has 91 heavy (non-hydrogen) atoms. The van der Waals surface area contributed by atoms with Crippen LogP contribution in [-0.2, 0) is 87.7 Å². The van der Waals surface area contributed by atoms with Crippen LogP contribution in [0, 0.1) is 13.8 Å². The topological polar surface area (TPSA) is 297 Å². The molecule has 0 unspecified atom stereocenters. The number of rotatable bonds is 58. The number of carbonyl (C=O) groups is 2. The van der Waals surface area contributed by atoms with Crippen LogP contribution in [0.25, 0.3) is 21.8 Å². The molecule has 0 atom stereocenters. The molecule has 0 aliphatic heterocycles. The summed E-state index contributed by atoms with van der Waals surface area (Å²) in [5, 5.41) is 3.63. The van der Waals surface area contributed by atoms with E-state index in [2.05, 4.69) is 5.32 Å². The van der Waals surface area contributed by atoms with Crippen LogP contribution >= 0.6 is 0 Å². The van der Waals surface area contributed by atoms with Crippen molar-refractivity contribution >= 4 is 43.8 Å². The minimum Gasteiger partial charge on any atom is -0.486 e. The lowest BCUT2D eigenvalue weighted by Crippen LogP contribution is -2.37. The average molecular weight is 1310 g/mol. The van der Waals surface area contributed by atoms with Crippen molar-refractivity contribution in [3.8, 4) is 17.2 Å². The van der Waals surface area contributed by atoms with Gasteiger partial charge >= 0.3 is 5.97 Å². The van der Waals surface area contributed by atoms with Crippen LogP contribution in [-0.4, -0.2) is 255 Å². The molecular weight excluding hydrogens is 1210 g/mol. The van der Waals surface area contributed by atoms with E-state index < -0.39 is 34.0 Å². The van der Waals surface area contributed by atoms with Gasteiger partial charge in [0, 0.05) is 64.6 Å². The number of aryl methyl sites for hydroxylation is 3. The van der Waals surface area contributed by atoms with Crippen LogP contribution in [0.3, 0.4) is 0 Å². The number of nitrogens with zero attached hydrogens (tertiary/aromatic N) is 1. The highest BCUT2D eigenvalue weighted by molar-refractivity contribution is 7.85. The Morgan fingerprint density at radius 3 is 1.27 bits per heavy atom. The first-order valence-corrected chi connectivity index (χ1v) is 33.0. The first kappa shape index (κ1) is 78.6. The van der Waals surface area contributed by atoms with E-state index in [1.165, 1.54) is 0 Å². The number of nitrogens with one attached hydrogen (secondary N) is 1. The SMILES string of the molecule is CCCOCCOCC(COCCOCCC)Oc1ccc2c(c1)c(C(=O)Oc1c(C)cc(C(=O)NCCOCCOCCOCCOCCOCCN)cc1C)c1cc(OC(COCCOCCOC)COCCOCCOC)ccc1[n+]2CCCS(=O)(=O)O. The summed E-state index contributed by atoms with van der Waals surface area (Å²) in [6.07, 6.45) is 0.470. The second kappa shape index (κ2) is 48.8. The maximum absolute atomic E-state index is 15.4. The van der Waals surface area contributed by atoms with Crippen LogP contribution in [0.4, 0.5) is 0 Å². The Hall–Kier alpha value is -4.86. The molecule has 0 aliphatic carbocycles. The Morgan fingerprint density at radius 2 is 0.890 bits per heavy atom. The van der Waals surface area contributed by atoms with E-state index in [4.69, 9.17) is 91.0 Å². The summed E-state index contributed by atoms with van der Waals surface area (Å²) in [7, 11) is -1.16. The maximum atomic E-state index is 15.4. The predicted octanol–water partition coefficient (Wildman–Crippen LogP) is 4.91. The van der Waals surface area contributed by atoms with Gasteiger partial charge in [0.25, 0.3) is 16.0 Å². The van der Waals surface area contributed by atoms with Gasteiger partial charge in [-0.2, -0.15) is 13.0 Å². The van der Waals surface area contributed by atoms with Crippen molar-refractivity contribution in [2.75, 3.05) is 218 Å². The summed E-state index contributed by atoms with van der Waals surface area (Å²) in [6, 6.07) is 13.8. The van der Waals surface area contributed by atoms with Gasteiger partial charge in [-0.15, -0.1) is 0 Å². The second-order valence-electron chi connectivity index (χ2n) is 20.7. The Bertz CT molecular complexity index is 2670. The predicted molar refractivity (Wildman–Crippen MR) is 339 cm³/mol. The number of ether oxygens (including phenoxy) is 18. The fourth-order valence-electron chi connectivity index (χ4n) is 8.91. The molecule has 27 heteroatoms. The molecule has 0 saturated heterocycles. The van der Waals surface area contributed by atoms with Crippen molar-refractivity contribution in [2.45, 2.75) is 65.7 Å². The molecule has 1 amide bonds. The Labute approximate surface area is 537 Å². The number of hydrogen-bond acceptors (Lipinski definition) is 23. The van der Waals surface area contributed by atoms with Gasteiger partial charge in [-0.25, -0.2) is 4.79 Å². The lowest BCUT2D eigenvalue weighted by atomic mass is 10.0. The fraction of sp³-hybridized carbons (Fsp3) is 0.672. The Kier molecular flexibility index (Phi) is 42.1. The number of hydrogen-bond donors (Lipinski definition) is 3. The van der Waals surface area contributed by atoms with Crippen molar-refractivity contribution in [1.29, 1.82) is 0 Å². The molecule has 516 valence electrons. The van der Waals surface area contributed by atoms with Crippen molar-refractivity contribution in [3.05, 3.63) is 70.8 Å². The summed E-state index contributed by atoms with van der Waals surface area (Å²) >= 11 is 0. The summed E-state index contributed by atoms with van der Waals surface area (Å²) in [5.41, 5.74) is 7.90. The molecule has 0 aliphatic rings. The normalized spacial score (nSPS) is 11.9. The monoisotopic (exact) mass is 1310 g/mol. The number of fused-ring (bicyclic) bond motifs is 2. The molecule has 1 aromatic heterocycles. The van der Waals surface area contributed by atoms with Crippen LogP contribution in [0.5, 0.6) is 17.2 Å². The lowest BCUT2D eigenvalue weighted by molar-refractivity contribution is -0.645. The number of benzene rings is 3. The summed E-state index contributed by atoms with van der Waals surface area (Å²) in [4.78, 5) is 29.0. The van der Waals surface area contributed by atoms with Gasteiger partial charge in [-0.3, -0.25) is 9.35 Å². The molecule has 3 aromatic carbocycles. The molecule has 4 rings (SSSR count). The number of amides is 1. The third-order valence-electron chi connectivity index (χ3n) is 13.1. The quantitative estimate of drug-likeness (QED) is 0.0132. The molecule has 0 saturated carbocycles. The van der Waals surface area contributed by atoms with Crippen molar-refractivity contribution < 1.29 is 112 Å². The number of carbonyl (C=O) groups excluding carboxylic acids is 2. The number of pyridine rings is 1. The largest absolute Gasteiger partial charge is 0.486 e. The van der Waals surface area contributed by atoms with Crippen molar-refractivity contribution in [1.82, 2.24) is 5.32 Å². The first-order valence-electron chi connectivity index (χ1n) is 31.4. The van der Waals surface area contributed by atoms with E-state index in [-0.39, 0.29) is 83.0 Å². The third-order valence-corrected chi connectivity index (χ3v) is 13.9. The molecule has 26 nitrogen and oxygen atoms in total. The number of esters is 1. The van der Waals surface area contributed by atoms with E-state index in [1.807, 2.05) is 18.4 Å². The second-order valence-corrected chi connectivity index (χ2v) is 22.2. The van der Waals surface area contributed by atoms with E-state index in [0.717, 1.165) is 12.8 Å². The van der Waals surface area contributed by atoms with Gasteiger partial charge in [-0.05, 0) is 74.2 Å². The highest BCUT2D eigenvalue weighted by Gasteiger charge is 2.29. The number of nitrogens with two attached hydrogens (primary N) is 1. The molecular formula is C64H102N3O23S+. The highest BCUT2D eigenvalue weighted by atomic mass is 32.2. The molecule has 4 aromatic rings. The first-order chi connectivity index (χ1) is 44.3. The molecule has 0 radical (unpaired) electrons. The van der Waals surface area contributed by atoms with Gasteiger partial charge in [-0.1, -0.05) is 13.8 Å². The van der Waals surface area contributed by atoms with Crippen LogP contribution in [0.15, 0.2) is 48.5 Å². The van der Waals surface area contributed by atoms with Gasteiger partial charge in [0.2, 0.25) is 11.0 Å². The average Bonchev–Trinajstić information content (AvgIpc) is 0.775. The zero-order valence-corrected chi connectivity index (χ0v) is 55.2. The van der Waals surface area contributed by atoms with Crippen molar-refractivity contribution in [2.24, 2.45) is 5.73 Å². The standard InChI is InChI=1S/C64H101N3O23S/c1-7-17-75-33-37-84-46-55(47-85-38-34-76-18-8-2)88-53-10-12-59-57(44-53)61(64(69)90-62-50(3)42-52(43-51(62)4)63(68)66-15-20-78-26-28-82-30-32-83-31-29-81-27-25-77-19-14-65)58-45-54(11-13-60(58)67(59)16-9-41-91(70,71)72)89-56(48-86-39-35-79-23-21-73-5)49-87-40-36-80-24-22-74-6/h10-13,42-45,55-56H,7-9,14-41,46-49,65H2,1-6H3,(H-,66,68,70,71,72)/p+1. The summed E-state index contributed by atoms with van der Waals surface area (Å²) < 4.78 is 140. The fourth-order valence-corrected chi connectivity index (χ4v) is 9.40. The number of aromatic nitrogens is 1.